The Morgan fingerprint density at radius 3 is 2.43 bits per heavy atom. The van der Waals surface area contributed by atoms with E-state index in [-0.39, 0.29) is 18.9 Å². The molecule has 28 heavy (non-hydrogen) atoms. The van der Waals surface area contributed by atoms with Crippen molar-refractivity contribution in [1.29, 1.82) is 0 Å². The number of carbonyl (C=O) groups excluding carboxylic acids is 1. The minimum Gasteiger partial charge on any atom is -0.497 e. The first-order chi connectivity index (χ1) is 13.5. The molecule has 2 N–H and O–H groups in total. The van der Waals surface area contributed by atoms with Crippen molar-refractivity contribution in [3.63, 3.8) is 0 Å². The number of nitrogens with one attached hydrogen (secondary N) is 2. The van der Waals surface area contributed by atoms with E-state index in [0.29, 0.717) is 25.3 Å². The van der Waals surface area contributed by atoms with E-state index in [1.54, 1.807) is 7.11 Å². The van der Waals surface area contributed by atoms with E-state index in [2.05, 4.69) is 24.5 Å². The minimum atomic E-state index is -0.145. The Labute approximate surface area is 166 Å². The van der Waals surface area contributed by atoms with Crippen molar-refractivity contribution in [2.24, 2.45) is 5.92 Å². The van der Waals surface area contributed by atoms with Crippen molar-refractivity contribution >= 4 is 6.03 Å². The molecule has 0 radical (unpaired) electrons. The lowest BCUT2D eigenvalue weighted by Gasteiger charge is -2.20. The number of methoxy groups -OCH3 is 1. The van der Waals surface area contributed by atoms with Crippen LogP contribution < -0.4 is 24.8 Å². The number of hydrogen-bond donors (Lipinski definition) is 2. The first kappa shape index (κ1) is 19.9. The molecule has 0 spiro atoms. The van der Waals surface area contributed by atoms with Gasteiger partial charge in [-0.15, -0.1) is 0 Å². The lowest BCUT2D eigenvalue weighted by molar-refractivity contribution is 0.174. The van der Waals surface area contributed by atoms with Gasteiger partial charge in [-0.2, -0.15) is 0 Å². The van der Waals surface area contributed by atoms with Crippen LogP contribution in [0.15, 0.2) is 42.5 Å². The number of carbonyl (C=O) groups is 1. The highest BCUT2D eigenvalue weighted by atomic mass is 16.7. The van der Waals surface area contributed by atoms with Crippen LogP contribution >= 0.6 is 0 Å². The molecule has 0 saturated carbocycles. The number of fused-ring (bicyclic) bond motifs is 1. The third kappa shape index (κ3) is 5.55. The third-order valence-corrected chi connectivity index (χ3v) is 4.57. The van der Waals surface area contributed by atoms with Gasteiger partial charge >= 0.3 is 6.03 Å². The van der Waals surface area contributed by atoms with E-state index in [4.69, 9.17) is 14.2 Å². The second kappa shape index (κ2) is 9.35. The Hall–Kier alpha value is -2.89. The van der Waals surface area contributed by atoms with Crippen LogP contribution in [0.4, 0.5) is 4.79 Å². The summed E-state index contributed by atoms with van der Waals surface area (Å²) in [6, 6.07) is 13.6. The summed E-state index contributed by atoms with van der Waals surface area (Å²) in [5, 5.41) is 6.04. The summed E-state index contributed by atoms with van der Waals surface area (Å²) < 4.78 is 16.1. The van der Waals surface area contributed by atoms with Crippen LogP contribution in [-0.2, 0) is 12.8 Å². The van der Waals surface area contributed by atoms with Crippen LogP contribution in [0.2, 0.25) is 0 Å². The van der Waals surface area contributed by atoms with Crippen LogP contribution in [0.1, 0.15) is 25.0 Å². The highest BCUT2D eigenvalue weighted by molar-refractivity contribution is 5.74. The van der Waals surface area contributed by atoms with Crippen molar-refractivity contribution in [3.05, 3.63) is 53.6 Å². The molecule has 1 heterocycles. The van der Waals surface area contributed by atoms with E-state index >= 15 is 0 Å². The number of ether oxygens (including phenoxy) is 3. The predicted molar refractivity (Wildman–Crippen MR) is 108 cm³/mol. The molecular formula is C22H28N2O4. The third-order valence-electron chi connectivity index (χ3n) is 4.57. The Balaban J connectivity index is 1.70. The van der Waals surface area contributed by atoms with Gasteiger partial charge in [-0.3, -0.25) is 0 Å². The summed E-state index contributed by atoms with van der Waals surface area (Å²) >= 11 is 0. The predicted octanol–water partition coefficient (Wildman–Crippen LogP) is 3.53. The largest absolute Gasteiger partial charge is 0.497 e. The van der Waals surface area contributed by atoms with E-state index in [1.165, 1.54) is 0 Å². The van der Waals surface area contributed by atoms with Gasteiger partial charge in [0.15, 0.2) is 11.5 Å². The molecule has 1 aliphatic rings. The molecule has 2 aromatic rings. The smallest absolute Gasteiger partial charge is 0.315 e. The maximum atomic E-state index is 12.3. The standard InChI is InChI=1S/C22H28N2O4/c1-15(2)13-23-22(25)24-18(10-16-4-7-19(26-3)8-5-16)11-17-6-9-20-21(12-17)28-14-27-20/h4-9,12,15,18H,10-11,13-14H2,1-3H3,(H2,23,24,25)/t18-/m0/s1. The number of urea groups is 1. The number of rotatable bonds is 8. The van der Waals surface area contributed by atoms with Gasteiger partial charge in [0.1, 0.15) is 5.75 Å². The molecule has 0 unspecified atom stereocenters. The zero-order valence-electron chi connectivity index (χ0n) is 16.7. The Bertz CT molecular complexity index is 790. The summed E-state index contributed by atoms with van der Waals surface area (Å²) in [6.07, 6.45) is 1.41. The zero-order valence-corrected chi connectivity index (χ0v) is 16.7. The SMILES string of the molecule is COc1ccc(C[C@@H](Cc2ccc3c(c2)OCO3)NC(=O)NCC(C)C)cc1. The molecule has 1 atom stereocenters. The quantitative estimate of drug-likeness (QED) is 0.731. The van der Waals surface area contributed by atoms with Crippen LogP contribution in [0, 0.1) is 5.92 Å². The summed E-state index contributed by atoms with van der Waals surface area (Å²) in [4.78, 5) is 12.3. The molecule has 0 fully saturated rings. The van der Waals surface area contributed by atoms with Gasteiger partial charge in [-0.25, -0.2) is 4.79 Å². The first-order valence-electron chi connectivity index (χ1n) is 9.59. The average molecular weight is 384 g/mol. The van der Waals surface area contributed by atoms with Gasteiger partial charge < -0.3 is 24.8 Å². The van der Waals surface area contributed by atoms with E-state index in [0.717, 1.165) is 28.4 Å². The van der Waals surface area contributed by atoms with Crippen LogP contribution in [0.25, 0.3) is 0 Å². The van der Waals surface area contributed by atoms with E-state index in [1.807, 2.05) is 42.5 Å². The molecule has 150 valence electrons. The van der Waals surface area contributed by atoms with Crippen molar-refractivity contribution < 1.29 is 19.0 Å². The normalized spacial score (nSPS) is 13.3. The van der Waals surface area contributed by atoms with Crippen molar-refractivity contribution in [2.45, 2.75) is 32.7 Å². The second-order valence-corrected chi connectivity index (χ2v) is 7.39. The number of amides is 2. The van der Waals surface area contributed by atoms with Gasteiger partial charge in [-0.1, -0.05) is 32.0 Å². The van der Waals surface area contributed by atoms with Crippen LogP contribution in [0.5, 0.6) is 17.2 Å². The Kier molecular flexibility index (Phi) is 6.63. The van der Waals surface area contributed by atoms with Gasteiger partial charge in [0.2, 0.25) is 6.79 Å². The molecular weight excluding hydrogens is 356 g/mol. The molecule has 1 aliphatic heterocycles. The topological polar surface area (TPSA) is 68.8 Å². The Morgan fingerprint density at radius 1 is 1.04 bits per heavy atom. The highest BCUT2D eigenvalue weighted by Gasteiger charge is 2.18. The first-order valence-corrected chi connectivity index (χ1v) is 9.59. The van der Waals surface area contributed by atoms with Crippen molar-refractivity contribution in [1.82, 2.24) is 10.6 Å². The van der Waals surface area contributed by atoms with E-state index < -0.39 is 0 Å². The maximum absolute atomic E-state index is 12.3. The molecule has 6 heteroatoms. The molecule has 2 amide bonds. The second-order valence-electron chi connectivity index (χ2n) is 7.39. The lowest BCUT2D eigenvalue weighted by atomic mass is 9.98. The fraction of sp³-hybridized carbons (Fsp3) is 0.409. The maximum Gasteiger partial charge on any atom is 0.315 e. The lowest BCUT2D eigenvalue weighted by Crippen LogP contribution is -2.45. The summed E-state index contributed by atoms with van der Waals surface area (Å²) in [5.41, 5.74) is 2.22. The summed E-state index contributed by atoms with van der Waals surface area (Å²) in [5.74, 6) is 2.74. The molecule has 3 rings (SSSR count). The van der Waals surface area contributed by atoms with Gasteiger partial charge in [-0.05, 0) is 54.2 Å². The van der Waals surface area contributed by atoms with Gasteiger partial charge in [0.25, 0.3) is 0 Å². The summed E-state index contributed by atoms with van der Waals surface area (Å²) in [7, 11) is 1.65. The van der Waals surface area contributed by atoms with Crippen molar-refractivity contribution in [2.75, 3.05) is 20.4 Å². The highest BCUT2D eigenvalue weighted by Crippen LogP contribution is 2.32. The van der Waals surface area contributed by atoms with Crippen LogP contribution in [-0.4, -0.2) is 32.5 Å². The molecule has 0 saturated heterocycles. The minimum absolute atomic E-state index is 0.0547. The summed E-state index contributed by atoms with van der Waals surface area (Å²) in [6.45, 7) is 5.04. The molecule has 0 aromatic heterocycles. The van der Waals surface area contributed by atoms with Gasteiger partial charge in [0, 0.05) is 12.6 Å². The molecule has 2 aromatic carbocycles. The Morgan fingerprint density at radius 2 is 1.71 bits per heavy atom. The molecule has 0 aliphatic carbocycles. The molecule has 0 bridgehead atoms. The zero-order chi connectivity index (χ0) is 19.9. The average Bonchev–Trinajstić information content (AvgIpc) is 3.15. The van der Waals surface area contributed by atoms with Gasteiger partial charge in [0.05, 0.1) is 7.11 Å². The number of hydrogen-bond acceptors (Lipinski definition) is 4. The number of benzene rings is 2. The van der Waals surface area contributed by atoms with Crippen LogP contribution in [0.3, 0.4) is 0 Å². The van der Waals surface area contributed by atoms with E-state index in [9.17, 15) is 4.79 Å². The monoisotopic (exact) mass is 384 g/mol. The fourth-order valence-electron chi connectivity index (χ4n) is 3.11. The van der Waals surface area contributed by atoms with Crippen molar-refractivity contribution in [3.8, 4) is 17.2 Å². The molecule has 6 nitrogen and oxygen atoms in total. The fourth-order valence-corrected chi connectivity index (χ4v) is 3.11.